The number of nitrogens with one attached hydrogen (secondary N) is 1. The van der Waals surface area contributed by atoms with Gasteiger partial charge in [-0.05, 0) is 19.9 Å². The number of hydrogen-bond donors (Lipinski definition) is 1. The van der Waals surface area contributed by atoms with Crippen molar-refractivity contribution in [3.8, 4) is 0 Å². The van der Waals surface area contributed by atoms with E-state index in [4.69, 9.17) is 0 Å². The molecule has 0 bridgehead atoms. The van der Waals surface area contributed by atoms with Gasteiger partial charge in [0, 0.05) is 29.9 Å². The highest BCUT2D eigenvalue weighted by molar-refractivity contribution is 7.09. The molecule has 2 rings (SSSR count). The molecule has 1 unspecified atom stereocenters. The number of nitrogens with zero attached hydrogens (tertiary/aromatic N) is 3. The molecule has 0 saturated carbocycles. The topological polar surface area (TPSA) is 42.7 Å². The van der Waals surface area contributed by atoms with Crippen molar-refractivity contribution in [2.45, 2.75) is 26.3 Å². The Kier molecular flexibility index (Phi) is 3.91. The molecule has 5 heteroatoms. The van der Waals surface area contributed by atoms with Crippen LogP contribution in [0.25, 0.3) is 0 Å². The van der Waals surface area contributed by atoms with E-state index in [9.17, 15) is 0 Å². The van der Waals surface area contributed by atoms with Crippen molar-refractivity contribution in [3.05, 3.63) is 34.0 Å². The van der Waals surface area contributed by atoms with E-state index >= 15 is 0 Å². The van der Waals surface area contributed by atoms with E-state index in [1.807, 2.05) is 29.5 Å². The predicted molar refractivity (Wildman–Crippen MR) is 70.2 cm³/mol. The molecule has 0 radical (unpaired) electrons. The van der Waals surface area contributed by atoms with Crippen molar-refractivity contribution in [1.29, 1.82) is 0 Å². The molecule has 0 aromatic carbocycles. The fraction of sp³-hybridized carbons (Fsp3) is 0.500. The number of aromatic nitrogens is 3. The number of aryl methyl sites for hydroxylation is 1. The lowest BCUT2D eigenvalue weighted by molar-refractivity contribution is 0.592. The summed E-state index contributed by atoms with van der Waals surface area (Å²) in [6, 6.07) is 0.170. The van der Waals surface area contributed by atoms with Gasteiger partial charge in [-0.25, -0.2) is 4.98 Å². The van der Waals surface area contributed by atoms with Crippen LogP contribution in [-0.2, 0) is 7.05 Å². The number of thiazole rings is 1. The van der Waals surface area contributed by atoms with E-state index in [2.05, 4.69) is 29.2 Å². The lowest BCUT2D eigenvalue weighted by Crippen LogP contribution is -2.23. The summed E-state index contributed by atoms with van der Waals surface area (Å²) in [4.78, 5) is 4.42. The van der Waals surface area contributed by atoms with Crippen molar-refractivity contribution < 1.29 is 0 Å². The lowest BCUT2D eigenvalue weighted by Gasteiger charge is -2.15. The first-order chi connectivity index (χ1) is 8.24. The molecule has 0 saturated heterocycles. The first-order valence-electron chi connectivity index (χ1n) is 5.85. The second-order valence-corrected chi connectivity index (χ2v) is 4.99. The van der Waals surface area contributed by atoms with Crippen molar-refractivity contribution in [3.63, 3.8) is 0 Å². The van der Waals surface area contributed by atoms with Gasteiger partial charge in [0.25, 0.3) is 0 Å². The lowest BCUT2D eigenvalue weighted by atomic mass is 10.1. The van der Waals surface area contributed by atoms with Crippen LogP contribution in [0.1, 0.15) is 35.7 Å². The summed E-state index contributed by atoms with van der Waals surface area (Å²) < 4.78 is 1.91. The van der Waals surface area contributed by atoms with E-state index in [0.29, 0.717) is 0 Å². The van der Waals surface area contributed by atoms with Crippen molar-refractivity contribution in [2.75, 3.05) is 6.54 Å². The number of rotatable bonds is 5. The van der Waals surface area contributed by atoms with Gasteiger partial charge >= 0.3 is 0 Å². The largest absolute Gasteiger partial charge is 0.304 e. The van der Waals surface area contributed by atoms with Gasteiger partial charge in [-0.1, -0.05) is 6.92 Å². The third-order valence-corrected chi connectivity index (χ3v) is 3.72. The summed E-state index contributed by atoms with van der Waals surface area (Å²) in [5.74, 6) is 0. The Morgan fingerprint density at radius 2 is 2.35 bits per heavy atom. The molecular formula is C12H18N4S. The van der Waals surface area contributed by atoms with Gasteiger partial charge in [0.1, 0.15) is 5.01 Å². The van der Waals surface area contributed by atoms with Crippen LogP contribution in [0, 0.1) is 6.92 Å². The Balaban J connectivity index is 2.30. The quantitative estimate of drug-likeness (QED) is 0.885. The van der Waals surface area contributed by atoms with E-state index in [0.717, 1.165) is 18.0 Å². The molecule has 0 amide bonds. The maximum atomic E-state index is 4.42. The molecule has 2 aromatic rings. The molecular weight excluding hydrogens is 232 g/mol. The molecule has 17 heavy (non-hydrogen) atoms. The second-order valence-electron chi connectivity index (χ2n) is 4.07. The minimum absolute atomic E-state index is 0.170. The van der Waals surface area contributed by atoms with Gasteiger partial charge in [0.2, 0.25) is 0 Å². The van der Waals surface area contributed by atoms with Gasteiger partial charge in [-0.15, -0.1) is 11.3 Å². The summed E-state index contributed by atoms with van der Waals surface area (Å²) >= 11 is 1.68. The zero-order chi connectivity index (χ0) is 12.3. The Bertz CT molecular complexity index is 461. The third-order valence-electron chi connectivity index (χ3n) is 2.88. The van der Waals surface area contributed by atoms with Crippen LogP contribution in [0.15, 0.2) is 17.8 Å². The zero-order valence-electron chi connectivity index (χ0n) is 10.5. The Labute approximate surface area is 106 Å². The van der Waals surface area contributed by atoms with Crippen molar-refractivity contribution in [2.24, 2.45) is 7.05 Å². The minimum Gasteiger partial charge on any atom is -0.304 e. The highest BCUT2D eigenvalue weighted by Crippen LogP contribution is 2.25. The monoisotopic (exact) mass is 250 g/mol. The fourth-order valence-electron chi connectivity index (χ4n) is 1.80. The first kappa shape index (κ1) is 12.3. The van der Waals surface area contributed by atoms with Crippen LogP contribution < -0.4 is 5.32 Å². The summed E-state index contributed by atoms with van der Waals surface area (Å²) in [6.45, 7) is 5.25. The number of hydrogen-bond acceptors (Lipinski definition) is 4. The van der Waals surface area contributed by atoms with Crippen LogP contribution in [0.5, 0.6) is 0 Å². The first-order valence-corrected chi connectivity index (χ1v) is 6.73. The highest BCUT2D eigenvalue weighted by atomic mass is 32.1. The van der Waals surface area contributed by atoms with Gasteiger partial charge < -0.3 is 5.32 Å². The predicted octanol–water partition coefficient (Wildman–Crippen LogP) is 2.27. The van der Waals surface area contributed by atoms with Crippen LogP contribution in [0.2, 0.25) is 0 Å². The highest BCUT2D eigenvalue weighted by Gasteiger charge is 2.19. The molecule has 2 heterocycles. The van der Waals surface area contributed by atoms with Gasteiger partial charge in [-0.2, -0.15) is 5.10 Å². The normalized spacial score (nSPS) is 12.9. The molecule has 0 fully saturated rings. The summed E-state index contributed by atoms with van der Waals surface area (Å²) in [5, 5.41) is 11.0. The van der Waals surface area contributed by atoms with Crippen molar-refractivity contribution in [1.82, 2.24) is 20.1 Å². The maximum absolute atomic E-state index is 4.42. The van der Waals surface area contributed by atoms with Gasteiger partial charge in [0.15, 0.2) is 0 Å². The van der Waals surface area contributed by atoms with Crippen molar-refractivity contribution >= 4 is 11.3 Å². The SMILES string of the molecule is CCCNC(c1nccs1)c1cnn(C)c1C. The Hall–Kier alpha value is -1.20. The molecule has 0 aliphatic heterocycles. The molecule has 92 valence electrons. The standard InChI is InChI=1S/C12H18N4S/c1-4-5-13-11(12-14-6-7-17-12)10-8-15-16(3)9(10)2/h6-8,11,13H,4-5H2,1-3H3. The van der Waals surface area contributed by atoms with Gasteiger partial charge in [-0.3, -0.25) is 4.68 Å². The van der Waals surface area contributed by atoms with Gasteiger partial charge in [0.05, 0.1) is 12.2 Å². The molecule has 1 N–H and O–H groups in total. The smallest absolute Gasteiger partial charge is 0.114 e. The van der Waals surface area contributed by atoms with E-state index < -0.39 is 0 Å². The molecule has 4 nitrogen and oxygen atoms in total. The summed E-state index contributed by atoms with van der Waals surface area (Å²) in [6.07, 6.45) is 4.90. The van der Waals surface area contributed by atoms with Crippen LogP contribution in [0.3, 0.4) is 0 Å². The minimum atomic E-state index is 0.170. The van der Waals surface area contributed by atoms with Crippen LogP contribution in [0.4, 0.5) is 0 Å². The van der Waals surface area contributed by atoms with E-state index in [1.165, 1.54) is 11.3 Å². The molecule has 0 spiro atoms. The molecule has 2 aromatic heterocycles. The third kappa shape index (κ3) is 2.56. The van der Waals surface area contributed by atoms with Crippen LogP contribution in [-0.4, -0.2) is 21.3 Å². The fourth-order valence-corrected chi connectivity index (χ4v) is 2.52. The Morgan fingerprint density at radius 1 is 1.53 bits per heavy atom. The average Bonchev–Trinajstić information content (AvgIpc) is 2.94. The summed E-state index contributed by atoms with van der Waals surface area (Å²) in [5.41, 5.74) is 2.41. The molecule has 0 aliphatic carbocycles. The molecule has 1 atom stereocenters. The van der Waals surface area contributed by atoms with E-state index in [1.54, 1.807) is 11.3 Å². The second kappa shape index (κ2) is 5.42. The van der Waals surface area contributed by atoms with E-state index in [-0.39, 0.29) is 6.04 Å². The average molecular weight is 250 g/mol. The maximum Gasteiger partial charge on any atom is 0.114 e. The van der Waals surface area contributed by atoms with Crippen LogP contribution >= 0.6 is 11.3 Å². The molecule has 0 aliphatic rings. The zero-order valence-corrected chi connectivity index (χ0v) is 11.3. The Morgan fingerprint density at radius 3 is 2.88 bits per heavy atom. The summed E-state index contributed by atoms with van der Waals surface area (Å²) in [7, 11) is 1.97.